The van der Waals surface area contributed by atoms with Gasteiger partial charge in [-0.2, -0.15) is 10.3 Å². The Morgan fingerprint density at radius 1 is 0.857 bits per heavy atom. The number of aromatic nitrogens is 6. The summed E-state index contributed by atoms with van der Waals surface area (Å²) in [4.78, 5) is 0. The molecule has 8 heteroatoms. The van der Waals surface area contributed by atoms with E-state index in [9.17, 15) is 8.78 Å². The fraction of sp³-hybridized carbons (Fsp3) is 0.100. The fourth-order valence-corrected chi connectivity index (χ4v) is 3.75. The number of hydrogen-bond donors (Lipinski definition) is 2. The Bertz CT molecular complexity index is 1100. The summed E-state index contributed by atoms with van der Waals surface area (Å²) in [5.41, 5.74) is 3.58. The van der Waals surface area contributed by atoms with Gasteiger partial charge in [-0.1, -0.05) is 36.4 Å². The molecule has 0 unspecified atom stereocenters. The Morgan fingerprint density at radius 3 is 2.07 bits per heavy atom. The zero-order valence-electron chi connectivity index (χ0n) is 14.5. The van der Waals surface area contributed by atoms with E-state index in [1.54, 1.807) is 24.3 Å². The van der Waals surface area contributed by atoms with Crippen LogP contribution >= 0.6 is 0 Å². The number of H-pyrrole nitrogens is 2. The zero-order valence-corrected chi connectivity index (χ0v) is 14.5. The Hall–Kier alpha value is -3.68. The Kier molecular flexibility index (Phi) is 3.65. The topological polar surface area (TPSA) is 83.1 Å². The molecule has 0 radical (unpaired) electrons. The van der Waals surface area contributed by atoms with Gasteiger partial charge in [-0.15, -0.1) is 10.2 Å². The minimum absolute atomic E-state index is 0.306. The predicted octanol–water partition coefficient (Wildman–Crippen LogP) is 3.42. The van der Waals surface area contributed by atoms with Gasteiger partial charge in [0.2, 0.25) is 5.82 Å². The molecule has 0 atom stereocenters. The SMILES string of the molecule is Fc1ccc(C2(c3ccc(F)cc3)C=Cc3c(-c4nn[nH]n4)n[nH]c3C2)cc1. The average molecular weight is 376 g/mol. The van der Waals surface area contributed by atoms with Crippen molar-refractivity contribution in [2.45, 2.75) is 11.8 Å². The third kappa shape index (κ3) is 2.53. The number of aromatic amines is 2. The molecule has 0 bridgehead atoms. The summed E-state index contributed by atoms with van der Waals surface area (Å²) in [6.07, 6.45) is 4.52. The predicted molar refractivity (Wildman–Crippen MR) is 98.1 cm³/mol. The van der Waals surface area contributed by atoms with Crippen molar-refractivity contribution in [3.05, 3.63) is 88.6 Å². The number of hydrogen-bond acceptors (Lipinski definition) is 4. The molecule has 4 aromatic rings. The van der Waals surface area contributed by atoms with Gasteiger partial charge in [-0.3, -0.25) is 5.10 Å². The first-order chi connectivity index (χ1) is 13.7. The lowest BCUT2D eigenvalue weighted by molar-refractivity contribution is 0.599. The molecule has 1 aliphatic carbocycles. The van der Waals surface area contributed by atoms with E-state index in [-0.39, 0.29) is 11.6 Å². The van der Waals surface area contributed by atoms with Gasteiger partial charge in [-0.25, -0.2) is 8.78 Å². The van der Waals surface area contributed by atoms with Gasteiger partial charge < -0.3 is 0 Å². The molecule has 2 N–H and O–H groups in total. The lowest BCUT2D eigenvalue weighted by Gasteiger charge is -2.34. The maximum Gasteiger partial charge on any atom is 0.225 e. The number of benzene rings is 2. The number of nitrogens with one attached hydrogen (secondary N) is 2. The summed E-state index contributed by atoms with van der Waals surface area (Å²) in [6, 6.07) is 12.7. The van der Waals surface area contributed by atoms with Gasteiger partial charge in [0.05, 0.1) is 0 Å². The molecule has 2 heterocycles. The molecule has 28 heavy (non-hydrogen) atoms. The quantitative estimate of drug-likeness (QED) is 0.574. The third-order valence-electron chi connectivity index (χ3n) is 5.15. The normalized spacial score (nSPS) is 14.8. The molecule has 2 aromatic heterocycles. The lowest BCUT2D eigenvalue weighted by Crippen LogP contribution is -2.30. The lowest BCUT2D eigenvalue weighted by atomic mass is 9.68. The van der Waals surface area contributed by atoms with Crippen LogP contribution in [-0.4, -0.2) is 30.8 Å². The number of fused-ring (bicyclic) bond motifs is 1. The highest BCUT2D eigenvalue weighted by Gasteiger charge is 2.37. The van der Waals surface area contributed by atoms with Crippen LogP contribution in [0, 0.1) is 11.6 Å². The molecule has 0 fully saturated rings. The second kappa shape index (κ2) is 6.19. The molecule has 6 nitrogen and oxygen atoms in total. The van der Waals surface area contributed by atoms with E-state index in [0.29, 0.717) is 17.9 Å². The minimum atomic E-state index is -0.588. The van der Waals surface area contributed by atoms with E-state index in [1.165, 1.54) is 24.3 Å². The van der Waals surface area contributed by atoms with Crippen LogP contribution in [0.3, 0.4) is 0 Å². The van der Waals surface area contributed by atoms with Crippen LogP contribution in [0.1, 0.15) is 22.4 Å². The second-order valence-corrected chi connectivity index (χ2v) is 6.70. The molecule has 5 rings (SSSR count). The summed E-state index contributed by atoms with van der Waals surface area (Å²) in [7, 11) is 0. The standard InChI is InChI=1S/C20H14F2N6/c21-14-5-1-12(2-6-14)20(13-3-7-15(22)8-4-13)10-9-16-17(11-20)23-24-18(16)19-25-27-28-26-19/h1-10H,11H2,(H,23,24)(H,25,26,27,28). The number of rotatable bonds is 3. The van der Waals surface area contributed by atoms with Crippen molar-refractivity contribution in [1.82, 2.24) is 30.8 Å². The van der Waals surface area contributed by atoms with Crippen molar-refractivity contribution in [3.8, 4) is 11.5 Å². The molecule has 2 aromatic carbocycles. The van der Waals surface area contributed by atoms with Crippen molar-refractivity contribution in [3.63, 3.8) is 0 Å². The molecular weight excluding hydrogens is 362 g/mol. The zero-order chi connectivity index (χ0) is 19.1. The molecule has 0 saturated carbocycles. The monoisotopic (exact) mass is 376 g/mol. The van der Waals surface area contributed by atoms with Crippen LogP contribution < -0.4 is 0 Å². The smallest absolute Gasteiger partial charge is 0.225 e. The van der Waals surface area contributed by atoms with E-state index < -0.39 is 5.41 Å². The van der Waals surface area contributed by atoms with Gasteiger partial charge in [-0.05, 0) is 40.6 Å². The first-order valence-electron chi connectivity index (χ1n) is 8.68. The number of nitrogens with zero attached hydrogens (tertiary/aromatic N) is 4. The highest BCUT2D eigenvalue weighted by molar-refractivity contribution is 5.73. The average Bonchev–Trinajstić information content (AvgIpc) is 3.38. The molecule has 0 amide bonds. The van der Waals surface area contributed by atoms with Crippen LogP contribution in [0.5, 0.6) is 0 Å². The fourth-order valence-electron chi connectivity index (χ4n) is 3.75. The third-order valence-corrected chi connectivity index (χ3v) is 5.15. The number of allylic oxidation sites excluding steroid dienone is 1. The van der Waals surface area contributed by atoms with Crippen LogP contribution in [-0.2, 0) is 11.8 Å². The highest BCUT2D eigenvalue weighted by Crippen LogP contribution is 2.42. The van der Waals surface area contributed by atoms with Gasteiger partial charge in [0.25, 0.3) is 0 Å². The van der Waals surface area contributed by atoms with E-state index in [4.69, 9.17) is 0 Å². The van der Waals surface area contributed by atoms with E-state index >= 15 is 0 Å². The molecule has 0 spiro atoms. The molecule has 0 aliphatic heterocycles. The van der Waals surface area contributed by atoms with Crippen molar-refractivity contribution in [2.75, 3.05) is 0 Å². The largest absolute Gasteiger partial charge is 0.281 e. The molecule has 0 saturated heterocycles. The molecule has 1 aliphatic rings. The van der Waals surface area contributed by atoms with Crippen molar-refractivity contribution < 1.29 is 8.78 Å². The number of tetrazole rings is 1. The van der Waals surface area contributed by atoms with Crippen LogP contribution in [0.2, 0.25) is 0 Å². The summed E-state index contributed by atoms with van der Waals surface area (Å²) < 4.78 is 27.1. The van der Waals surface area contributed by atoms with E-state index in [0.717, 1.165) is 22.4 Å². The van der Waals surface area contributed by atoms with Gasteiger partial charge in [0, 0.05) is 23.1 Å². The Labute approximate surface area is 158 Å². The van der Waals surface area contributed by atoms with Crippen LogP contribution in [0.15, 0.2) is 54.6 Å². The van der Waals surface area contributed by atoms with Gasteiger partial charge >= 0.3 is 0 Å². The van der Waals surface area contributed by atoms with Gasteiger partial charge in [0.1, 0.15) is 17.3 Å². The minimum Gasteiger partial charge on any atom is -0.281 e. The van der Waals surface area contributed by atoms with Crippen molar-refractivity contribution in [2.24, 2.45) is 0 Å². The first-order valence-corrected chi connectivity index (χ1v) is 8.68. The summed E-state index contributed by atoms with van der Waals surface area (Å²) in [6.45, 7) is 0. The van der Waals surface area contributed by atoms with Gasteiger partial charge in [0.15, 0.2) is 0 Å². The second-order valence-electron chi connectivity index (χ2n) is 6.70. The van der Waals surface area contributed by atoms with Crippen LogP contribution in [0.4, 0.5) is 8.78 Å². The van der Waals surface area contributed by atoms with Crippen molar-refractivity contribution >= 4 is 6.08 Å². The van der Waals surface area contributed by atoms with E-state index in [2.05, 4.69) is 30.8 Å². The Morgan fingerprint density at radius 2 is 1.50 bits per heavy atom. The summed E-state index contributed by atoms with van der Waals surface area (Å²) in [5.74, 6) is -0.211. The Balaban J connectivity index is 1.66. The first kappa shape index (κ1) is 16.5. The highest BCUT2D eigenvalue weighted by atomic mass is 19.1. The summed E-state index contributed by atoms with van der Waals surface area (Å²) >= 11 is 0. The maximum atomic E-state index is 13.5. The summed E-state index contributed by atoms with van der Waals surface area (Å²) in [5, 5.41) is 21.4. The van der Waals surface area contributed by atoms with Crippen LogP contribution in [0.25, 0.3) is 17.6 Å². The van der Waals surface area contributed by atoms with E-state index in [1.807, 2.05) is 12.2 Å². The molecular formula is C20H14F2N6. The number of halogens is 2. The van der Waals surface area contributed by atoms with Crippen molar-refractivity contribution in [1.29, 1.82) is 0 Å². The molecule has 138 valence electrons. The maximum absolute atomic E-state index is 13.5.